The maximum atomic E-state index is 12.2. The molecule has 1 amide bonds. The largest absolute Gasteiger partial charge is 0.460 e. The molecule has 2 aromatic carbocycles. The lowest BCUT2D eigenvalue weighted by Gasteiger charge is -2.17. The zero-order valence-corrected chi connectivity index (χ0v) is 18.8. The number of methoxy groups -OCH3 is 1. The van der Waals surface area contributed by atoms with Crippen LogP contribution in [0.25, 0.3) is 17.1 Å². The Hall–Kier alpha value is -3.19. The Morgan fingerprint density at radius 2 is 1.71 bits per heavy atom. The van der Waals surface area contributed by atoms with Gasteiger partial charge in [0.15, 0.2) is 5.82 Å². The van der Waals surface area contributed by atoms with Gasteiger partial charge in [0.05, 0.1) is 12.3 Å². The molecule has 0 bridgehead atoms. The van der Waals surface area contributed by atoms with Gasteiger partial charge in [0.2, 0.25) is 5.91 Å². The van der Waals surface area contributed by atoms with Crippen LogP contribution in [0, 0.1) is 12.3 Å². The fourth-order valence-electron chi connectivity index (χ4n) is 3.01. The molecule has 164 valence electrons. The van der Waals surface area contributed by atoms with Gasteiger partial charge in [0, 0.05) is 24.8 Å². The molecule has 0 atom stereocenters. The first-order chi connectivity index (χ1) is 14.7. The Kier molecular flexibility index (Phi) is 7.07. The van der Waals surface area contributed by atoms with Crippen LogP contribution in [0.1, 0.15) is 32.8 Å². The SMILES string of the molecule is COCCOc1nc(-c2ccc(C)cc2)n(-c2ccc(NC(=O)CC(C)(C)C)cc2)n1. The van der Waals surface area contributed by atoms with Crippen molar-refractivity contribution < 1.29 is 14.3 Å². The van der Waals surface area contributed by atoms with Gasteiger partial charge >= 0.3 is 6.01 Å². The number of carbonyl (C=O) groups is 1. The number of ether oxygens (including phenoxy) is 2. The van der Waals surface area contributed by atoms with Gasteiger partial charge in [-0.2, -0.15) is 4.98 Å². The predicted octanol–water partition coefficient (Wildman–Crippen LogP) is 4.64. The molecule has 0 aliphatic heterocycles. The van der Waals surface area contributed by atoms with Crippen LogP contribution in [0.15, 0.2) is 48.5 Å². The third-order valence-electron chi connectivity index (χ3n) is 4.50. The molecule has 0 fully saturated rings. The molecule has 1 aromatic heterocycles. The number of rotatable bonds is 8. The summed E-state index contributed by atoms with van der Waals surface area (Å²) in [6.07, 6.45) is 0.456. The van der Waals surface area contributed by atoms with Crippen molar-refractivity contribution in [2.24, 2.45) is 5.41 Å². The topological polar surface area (TPSA) is 78.3 Å². The van der Waals surface area contributed by atoms with Gasteiger partial charge in [-0.25, -0.2) is 4.68 Å². The second-order valence-electron chi connectivity index (χ2n) is 8.67. The molecular formula is C24H30N4O3. The van der Waals surface area contributed by atoms with Crippen LogP contribution in [-0.2, 0) is 9.53 Å². The number of hydrogen-bond donors (Lipinski definition) is 1. The van der Waals surface area contributed by atoms with Crippen LogP contribution in [0.3, 0.4) is 0 Å². The third-order valence-corrected chi connectivity index (χ3v) is 4.50. The fraction of sp³-hybridized carbons (Fsp3) is 0.375. The van der Waals surface area contributed by atoms with Crippen molar-refractivity contribution in [3.8, 4) is 23.1 Å². The van der Waals surface area contributed by atoms with Crippen LogP contribution < -0.4 is 10.1 Å². The highest BCUT2D eigenvalue weighted by Crippen LogP contribution is 2.25. The monoisotopic (exact) mass is 422 g/mol. The molecule has 0 unspecified atom stereocenters. The number of aromatic nitrogens is 3. The average Bonchev–Trinajstić information content (AvgIpc) is 3.12. The number of nitrogens with one attached hydrogen (secondary N) is 1. The van der Waals surface area contributed by atoms with Gasteiger partial charge in [-0.3, -0.25) is 4.79 Å². The van der Waals surface area contributed by atoms with E-state index in [4.69, 9.17) is 9.47 Å². The minimum Gasteiger partial charge on any atom is -0.460 e. The van der Waals surface area contributed by atoms with E-state index >= 15 is 0 Å². The van der Waals surface area contributed by atoms with E-state index in [2.05, 4.69) is 15.4 Å². The van der Waals surface area contributed by atoms with Crippen molar-refractivity contribution >= 4 is 11.6 Å². The summed E-state index contributed by atoms with van der Waals surface area (Å²) in [5.41, 5.74) is 3.60. The van der Waals surface area contributed by atoms with Gasteiger partial charge < -0.3 is 14.8 Å². The highest BCUT2D eigenvalue weighted by molar-refractivity contribution is 5.91. The number of amides is 1. The average molecular weight is 423 g/mol. The van der Waals surface area contributed by atoms with E-state index in [1.54, 1.807) is 11.8 Å². The Morgan fingerprint density at radius 1 is 1.03 bits per heavy atom. The van der Waals surface area contributed by atoms with Crippen molar-refractivity contribution in [3.63, 3.8) is 0 Å². The van der Waals surface area contributed by atoms with Crippen LogP contribution >= 0.6 is 0 Å². The van der Waals surface area contributed by atoms with Crippen molar-refractivity contribution in [2.45, 2.75) is 34.1 Å². The van der Waals surface area contributed by atoms with E-state index in [0.29, 0.717) is 25.5 Å². The molecule has 7 heteroatoms. The maximum absolute atomic E-state index is 12.2. The number of anilines is 1. The fourth-order valence-corrected chi connectivity index (χ4v) is 3.01. The van der Waals surface area contributed by atoms with E-state index in [-0.39, 0.29) is 17.3 Å². The minimum atomic E-state index is -0.0626. The molecule has 7 nitrogen and oxygen atoms in total. The molecule has 1 N–H and O–H groups in total. The third kappa shape index (κ3) is 6.39. The summed E-state index contributed by atoms with van der Waals surface area (Å²) in [6, 6.07) is 15.9. The number of benzene rings is 2. The smallest absolute Gasteiger partial charge is 0.336 e. The maximum Gasteiger partial charge on any atom is 0.336 e. The zero-order chi connectivity index (χ0) is 22.4. The summed E-state index contributed by atoms with van der Waals surface area (Å²) in [6.45, 7) is 8.99. The standard InChI is InChI=1S/C24H30N4O3/c1-17-6-8-18(9-7-17)22-26-23(31-15-14-30-5)27-28(22)20-12-10-19(11-13-20)25-21(29)16-24(2,3)4/h6-13H,14-16H2,1-5H3,(H,25,29). The molecule has 0 saturated heterocycles. The summed E-state index contributed by atoms with van der Waals surface area (Å²) in [7, 11) is 1.62. The second-order valence-corrected chi connectivity index (χ2v) is 8.67. The van der Waals surface area contributed by atoms with Crippen molar-refractivity contribution in [1.82, 2.24) is 14.8 Å². The van der Waals surface area contributed by atoms with Gasteiger partial charge in [0.1, 0.15) is 6.61 Å². The van der Waals surface area contributed by atoms with Gasteiger partial charge in [-0.1, -0.05) is 50.6 Å². The summed E-state index contributed by atoms with van der Waals surface area (Å²) in [5.74, 6) is 0.673. The Morgan fingerprint density at radius 3 is 2.32 bits per heavy atom. The van der Waals surface area contributed by atoms with Crippen LogP contribution in [0.5, 0.6) is 6.01 Å². The summed E-state index contributed by atoms with van der Waals surface area (Å²) >= 11 is 0. The zero-order valence-electron chi connectivity index (χ0n) is 18.8. The summed E-state index contributed by atoms with van der Waals surface area (Å²) < 4.78 is 12.4. The van der Waals surface area contributed by atoms with Crippen LogP contribution in [-0.4, -0.2) is 41.0 Å². The molecule has 31 heavy (non-hydrogen) atoms. The summed E-state index contributed by atoms with van der Waals surface area (Å²) in [4.78, 5) is 16.8. The predicted molar refractivity (Wildman–Crippen MR) is 122 cm³/mol. The van der Waals surface area contributed by atoms with Crippen molar-refractivity contribution in [2.75, 3.05) is 25.6 Å². The van der Waals surface area contributed by atoms with E-state index < -0.39 is 0 Å². The van der Waals surface area contributed by atoms with Gasteiger partial charge in [-0.05, 0) is 36.6 Å². The van der Waals surface area contributed by atoms with Crippen molar-refractivity contribution in [3.05, 3.63) is 54.1 Å². The Balaban J connectivity index is 1.86. The molecule has 0 saturated carbocycles. The lowest BCUT2D eigenvalue weighted by atomic mass is 9.92. The van der Waals surface area contributed by atoms with Gasteiger partial charge in [0.25, 0.3) is 0 Å². The number of nitrogens with zero attached hydrogens (tertiary/aromatic N) is 3. The lowest BCUT2D eigenvalue weighted by molar-refractivity contribution is -0.117. The highest BCUT2D eigenvalue weighted by atomic mass is 16.5. The van der Waals surface area contributed by atoms with E-state index in [0.717, 1.165) is 16.9 Å². The van der Waals surface area contributed by atoms with Crippen LogP contribution in [0.4, 0.5) is 5.69 Å². The number of aryl methyl sites for hydroxylation is 1. The Labute approximate surface area is 183 Å². The van der Waals surface area contributed by atoms with E-state index in [1.807, 2.05) is 76.2 Å². The quantitative estimate of drug-likeness (QED) is 0.535. The molecule has 3 aromatic rings. The minimum absolute atomic E-state index is 0.00446. The molecular weight excluding hydrogens is 392 g/mol. The first-order valence-electron chi connectivity index (χ1n) is 10.3. The molecule has 3 rings (SSSR count). The number of carbonyl (C=O) groups excluding carboxylic acids is 1. The lowest BCUT2D eigenvalue weighted by Crippen LogP contribution is -2.19. The second kappa shape index (κ2) is 9.75. The Bertz CT molecular complexity index is 1000. The van der Waals surface area contributed by atoms with E-state index in [1.165, 1.54) is 5.56 Å². The summed E-state index contributed by atoms with van der Waals surface area (Å²) in [5, 5.41) is 7.48. The molecule has 0 radical (unpaired) electrons. The van der Waals surface area contributed by atoms with Crippen LogP contribution in [0.2, 0.25) is 0 Å². The molecule has 0 aliphatic carbocycles. The molecule has 0 spiro atoms. The molecule has 1 heterocycles. The van der Waals surface area contributed by atoms with Crippen molar-refractivity contribution in [1.29, 1.82) is 0 Å². The first-order valence-corrected chi connectivity index (χ1v) is 10.3. The highest BCUT2D eigenvalue weighted by Gasteiger charge is 2.17. The number of hydrogen-bond acceptors (Lipinski definition) is 5. The first kappa shape index (κ1) is 22.5. The van der Waals surface area contributed by atoms with E-state index in [9.17, 15) is 4.79 Å². The molecule has 0 aliphatic rings. The van der Waals surface area contributed by atoms with Gasteiger partial charge in [-0.15, -0.1) is 5.10 Å². The normalized spacial score (nSPS) is 11.4.